The summed E-state index contributed by atoms with van der Waals surface area (Å²) in [6.07, 6.45) is 0. The van der Waals surface area contributed by atoms with Crippen LogP contribution in [0.1, 0.15) is 0 Å². The molecule has 1 fully saturated rings. The Bertz CT molecular complexity index is 1230. The van der Waals surface area contributed by atoms with Crippen LogP contribution in [0.15, 0.2) is 60.7 Å². The molecule has 0 saturated carbocycles. The fraction of sp³-hybridized carbons (Fsp3) is 0.250. The monoisotopic (exact) mass is 433 g/mol. The summed E-state index contributed by atoms with van der Waals surface area (Å²) in [6.45, 7) is 2.91. The number of anilines is 1. The average molecular weight is 434 g/mol. The molecule has 1 aliphatic heterocycles. The van der Waals surface area contributed by atoms with E-state index < -0.39 is 0 Å². The third-order valence-corrected chi connectivity index (χ3v) is 6.65. The van der Waals surface area contributed by atoms with Crippen molar-refractivity contribution < 1.29 is 14.3 Å². The largest absolute Gasteiger partial charge is 0.497 e. The highest BCUT2D eigenvalue weighted by Crippen LogP contribution is 2.31. The zero-order valence-electron chi connectivity index (χ0n) is 17.3. The zero-order chi connectivity index (χ0) is 21.2. The Morgan fingerprint density at radius 1 is 0.968 bits per heavy atom. The molecule has 1 aromatic heterocycles. The van der Waals surface area contributed by atoms with Crippen molar-refractivity contribution in [1.82, 2.24) is 9.88 Å². The van der Waals surface area contributed by atoms with Crippen LogP contribution in [0.3, 0.4) is 0 Å². The molecule has 1 saturated heterocycles. The van der Waals surface area contributed by atoms with E-state index in [2.05, 4.69) is 11.0 Å². The van der Waals surface area contributed by atoms with Gasteiger partial charge in [-0.25, -0.2) is 4.98 Å². The second-order valence-corrected chi connectivity index (χ2v) is 8.50. The molecule has 6 nitrogen and oxygen atoms in total. The van der Waals surface area contributed by atoms with E-state index in [4.69, 9.17) is 14.5 Å². The number of benzene rings is 3. The summed E-state index contributed by atoms with van der Waals surface area (Å²) >= 11 is 1.66. The van der Waals surface area contributed by atoms with Crippen molar-refractivity contribution in [2.75, 3.05) is 44.8 Å². The molecular weight excluding hydrogens is 410 g/mol. The predicted molar refractivity (Wildman–Crippen MR) is 124 cm³/mol. The maximum atomic E-state index is 12.6. The molecule has 4 aromatic rings. The normalized spacial score (nSPS) is 14.2. The van der Waals surface area contributed by atoms with Crippen molar-refractivity contribution in [3.63, 3.8) is 0 Å². The minimum atomic E-state index is 0.0156. The second-order valence-electron chi connectivity index (χ2n) is 7.50. The van der Waals surface area contributed by atoms with Gasteiger partial charge in [-0.2, -0.15) is 0 Å². The summed E-state index contributed by atoms with van der Waals surface area (Å²) in [7, 11) is 1.67. The molecule has 158 valence electrons. The summed E-state index contributed by atoms with van der Waals surface area (Å²) < 4.78 is 12.2. The number of carbonyl (C=O) groups excluding carboxylic acids is 1. The molecule has 1 aliphatic rings. The number of methoxy groups -OCH3 is 1. The Morgan fingerprint density at radius 2 is 1.74 bits per heavy atom. The average Bonchev–Trinajstić information content (AvgIpc) is 3.26. The number of fused-ring (bicyclic) bond motifs is 2. The number of nitrogens with zero attached hydrogens (tertiary/aromatic N) is 3. The number of thiazole rings is 1. The standard InChI is InChI=1S/C24H23N3O3S/c1-29-19-8-9-21-22(15-19)31-24(25-21)27-12-10-26(11-13-27)23(28)16-30-20-7-6-17-4-2-3-5-18(17)14-20/h2-9,14-15H,10-13,16H2,1H3. The fourth-order valence-corrected chi connectivity index (χ4v) is 4.84. The molecule has 0 atom stereocenters. The molecular formula is C24H23N3O3S. The van der Waals surface area contributed by atoms with Crippen molar-refractivity contribution in [3.8, 4) is 11.5 Å². The van der Waals surface area contributed by atoms with Gasteiger partial charge in [0.15, 0.2) is 11.7 Å². The zero-order valence-corrected chi connectivity index (χ0v) is 18.1. The number of ether oxygens (including phenoxy) is 2. The SMILES string of the molecule is COc1ccc2nc(N3CCN(C(=O)COc4ccc5ccccc5c4)CC3)sc2c1. The van der Waals surface area contributed by atoms with Gasteiger partial charge in [-0.15, -0.1) is 0 Å². The third kappa shape index (κ3) is 4.14. The van der Waals surface area contributed by atoms with Gasteiger partial charge in [-0.05, 0) is 41.1 Å². The van der Waals surface area contributed by atoms with Crippen LogP contribution >= 0.6 is 11.3 Å². The molecule has 1 amide bonds. The van der Waals surface area contributed by atoms with E-state index in [9.17, 15) is 4.79 Å². The Morgan fingerprint density at radius 3 is 2.55 bits per heavy atom. The van der Waals surface area contributed by atoms with Gasteiger partial charge in [0, 0.05) is 26.2 Å². The summed E-state index contributed by atoms with van der Waals surface area (Å²) in [6, 6.07) is 19.9. The Labute approximate surface area is 184 Å². The van der Waals surface area contributed by atoms with Gasteiger partial charge in [-0.1, -0.05) is 41.7 Å². The molecule has 2 heterocycles. The van der Waals surface area contributed by atoms with Gasteiger partial charge in [0.2, 0.25) is 0 Å². The second kappa shape index (κ2) is 8.43. The van der Waals surface area contributed by atoms with Crippen molar-refractivity contribution in [1.29, 1.82) is 0 Å². The number of amides is 1. The van der Waals surface area contributed by atoms with Gasteiger partial charge < -0.3 is 19.3 Å². The van der Waals surface area contributed by atoms with Gasteiger partial charge in [-0.3, -0.25) is 4.79 Å². The van der Waals surface area contributed by atoms with E-state index in [-0.39, 0.29) is 12.5 Å². The molecule has 5 rings (SSSR count). The summed E-state index contributed by atoms with van der Waals surface area (Å²) in [5, 5.41) is 3.25. The van der Waals surface area contributed by atoms with Gasteiger partial charge >= 0.3 is 0 Å². The molecule has 0 N–H and O–H groups in total. The van der Waals surface area contributed by atoms with Crippen molar-refractivity contribution in [3.05, 3.63) is 60.7 Å². The summed E-state index contributed by atoms with van der Waals surface area (Å²) in [4.78, 5) is 21.5. The maximum absolute atomic E-state index is 12.6. The Hall–Kier alpha value is -3.32. The molecule has 31 heavy (non-hydrogen) atoms. The predicted octanol–water partition coefficient (Wildman–Crippen LogP) is 4.19. The van der Waals surface area contributed by atoms with Crippen molar-refractivity contribution in [2.24, 2.45) is 0 Å². The minimum absolute atomic E-state index is 0.0156. The van der Waals surface area contributed by atoms with Crippen LogP contribution in [-0.4, -0.2) is 55.7 Å². The van der Waals surface area contributed by atoms with E-state index in [0.29, 0.717) is 13.1 Å². The molecule has 0 radical (unpaired) electrons. The van der Waals surface area contributed by atoms with Crippen LogP contribution in [0.5, 0.6) is 11.5 Å². The topological polar surface area (TPSA) is 54.9 Å². The number of aromatic nitrogens is 1. The molecule has 0 spiro atoms. The van der Waals surface area contributed by atoms with Crippen molar-refractivity contribution in [2.45, 2.75) is 0 Å². The van der Waals surface area contributed by atoms with Crippen LogP contribution in [0.4, 0.5) is 5.13 Å². The number of hydrogen-bond acceptors (Lipinski definition) is 6. The smallest absolute Gasteiger partial charge is 0.260 e. The van der Waals surface area contributed by atoms with E-state index in [0.717, 1.165) is 50.7 Å². The van der Waals surface area contributed by atoms with E-state index >= 15 is 0 Å². The van der Waals surface area contributed by atoms with Crippen LogP contribution in [0.2, 0.25) is 0 Å². The van der Waals surface area contributed by atoms with Crippen LogP contribution in [0, 0.1) is 0 Å². The number of rotatable bonds is 5. The highest BCUT2D eigenvalue weighted by Gasteiger charge is 2.23. The molecule has 0 aliphatic carbocycles. The highest BCUT2D eigenvalue weighted by molar-refractivity contribution is 7.22. The lowest BCUT2D eigenvalue weighted by atomic mass is 10.1. The first-order valence-electron chi connectivity index (χ1n) is 10.3. The van der Waals surface area contributed by atoms with E-state index in [1.54, 1.807) is 18.4 Å². The summed E-state index contributed by atoms with van der Waals surface area (Å²) in [5.41, 5.74) is 0.975. The molecule has 7 heteroatoms. The molecule has 3 aromatic carbocycles. The molecule has 0 bridgehead atoms. The first-order chi connectivity index (χ1) is 15.2. The van der Waals surface area contributed by atoms with E-state index in [1.165, 1.54) is 0 Å². The lowest BCUT2D eigenvalue weighted by Crippen LogP contribution is -2.50. The van der Waals surface area contributed by atoms with Gasteiger partial charge in [0.25, 0.3) is 5.91 Å². The minimum Gasteiger partial charge on any atom is -0.497 e. The lowest BCUT2D eigenvalue weighted by Gasteiger charge is -2.34. The maximum Gasteiger partial charge on any atom is 0.260 e. The first kappa shape index (κ1) is 19.6. The van der Waals surface area contributed by atoms with Crippen LogP contribution in [0.25, 0.3) is 21.0 Å². The Kier molecular flexibility index (Phi) is 5.34. The van der Waals surface area contributed by atoms with Gasteiger partial charge in [0.05, 0.1) is 17.3 Å². The van der Waals surface area contributed by atoms with Crippen LogP contribution in [-0.2, 0) is 4.79 Å². The quantitative estimate of drug-likeness (QED) is 0.473. The Balaban J connectivity index is 1.17. The lowest BCUT2D eigenvalue weighted by molar-refractivity contribution is -0.133. The fourth-order valence-electron chi connectivity index (χ4n) is 3.80. The third-order valence-electron chi connectivity index (χ3n) is 5.57. The highest BCUT2D eigenvalue weighted by atomic mass is 32.1. The summed E-state index contributed by atoms with van der Waals surface area (Å²) in [5.74, 6) is 1.57. The molecule has 0 unspecified atom stereocenters. The van der Waals surface area contributed by atoms with Crippen LogP contribution < -0.4 is 14.4 Å². The van der Waals surface area contributed by atoms with E-state index in [1.807, 2.05) is 59.5 Å². The number of piperazine rings is 1. The van der Waals surface area contributed by atoms with Gasteiger partial charge in [0.1, 0.15) is 11.5 Å². The number of carbonyl (C=O) groups is 1. The first-order valence-corrected chi connectivity index (χ1v) is 11.1. The number of hydrogen-bond donors (Lipinski definition) is 0. The van der Waals surface area contributed by atoms with Crippen molar-refractivity contribution >= 4 is 43.4 Å².